The fourth-order valence-electron chi connectivity index (χ4n) is 2.67. The van der Waals surface area contributed by atoms with Gasteiger partial charge in [0.1, 0.15) is 11.5 Å². The van der Waals surface area contributed by atoms with Gasteiger partial charge in [0, 0.05) is 22.2 Å². The Labute approximate surface area is 175 Å². The van der Waals surface area contributed by atoms with Crippen molar-refractivity contribution in [1.29, 1.82) is 0 Å². The lowest BCUT2D eigenvalue weighted by molar-refractivity contribution is -0.384. The van der Waals surface area contributed by atoms with Gasteiger partial charge in [-0.25, -0.2) is 5.43 Å². The van der Waals surface area contributed by atoms with Crippen molar-refractivity contribution >= 4 is 33.7 Å². The van der Waals surface area contributed by atoms with Crippen molar-refractivity contribution in [3.8, 4) is 11.3 Å². The molecule has 0 radical (unpaired) electrons. The minimum absolute atomic E-state index is 0.0130. The summed E-state index contributed by atoms with van der Waals surface area (Å²) in [5.41, 5.74) is 5.28. The number of nitrogens with one attached hydrogen (secondary N) is 1. The zero-order valence-electron chi connectivity index (χ0n) is 15.6. The number of rotatable bonds is 7. The van der Waals surface area contributed by atoms with Gasteiger partial charge < -0.3 is 4.42 Å². The molecule has 0 atom stereocenters. The van der Waals surface area contributed by atoms with Crippen LogP contribution in [0.1, 0.15) is 23.8 Å². The second-order valence-electron chi connectivity index (χ2n) is 6.26. The van der Waals surface area contributed by atoms with E-state index in [1.54, 1.807) is 18.2 Å². The molecule has 1 N–H and O–H groups in total. The van der Waals surface area contributed by atoms with Crippen LogP contribution in [0.4, 0.5) is 5.69 Å². The predicted molar refractivity (Wildman–Crippen MR) is 114 cm³/mol. The lowest BCUT2D eigenvalue weighted by atomic mass is 10.1. The third-order valence-corrected chi connectivity index (χ3v) is 4.89. The van der Waals surface area contributed by atoms with Gasteiger partial charge in [-0.1, -0.05) is 31.2 Å². The number of nitro groups is 1. The molecule has 29 heavy (non-hydrogen) atoms. The molecular formula is C21H18BrN3O4. The van der Waals surface area contributed by atoms with Crippen molar-refractivity contribution in [1.82, 2.24) is 5.43 Å². The second-order valence-corrected chi connectivity index (χ2v) is 7.12. The largest absolute Gasteiger partial charge is 0.455 e. The summed E-state index contributed by atoms with van der Waals surface area (Å²) in [7, 11) is 0. The minimum Gasteiger partial charge on any atom is -0.455 e. The number of nitrogens with zero attached hydrogens (tertiary/aromatic N) is 2. The van der Waals surface area contributed by atoms with E-state index in [1.165, 1.54) is 23.9 Å². The first-order valence-electron chi connectivity index (χ1n) is 8.90. The molecule has 0 saturated carbocycles. The van der Waals surface area contributed by atoms with Gasteiger partial charge in [-0.3, -0.25) is 14.9 Å². The van der Waals surface area contributed by atoms with Gasteiger partial charge in [0.05, 0.1) is 17.6 Å². The van der Waals surface area contributed by atoms with Crippen molar-refractivity contribution in [2.45, 2.75) is 19.8 Å². The Kier molecular flexibility index (Phi) is 6.56. The van der Waals surface area contributed by atoms with E-state index >= 15 is 0 Å². The van der Waals surface area contributed by atoms with E-state index in [-0.39, 0.29) is 18.0 Å². The first kappa shape index (κ1) is 20.5. The molecule has 0 aliphatic carbocycles. The SMILES string of the molecule is CCc1ccc(CC(=O)N/N=C\c2ccc(-c3ccc([N+](=O)[O-])cc3Br)o2)cc1. The lowest BCUT2D eigenvalue weighted by Gasteiger charge is -2.02. The van der Waals surface area contributed by atoms with Crippen LogP contribution in [0.2, 0.25) is 0 Å². The standard InChI is InChI=1S/C21H18BrN3O4/c1-2-14-3-5-15(6-4-14)11-21(26)24-23-13-17-8-10-20(29-17)18-9-7-16(25(27)28)12-19(18)22/h3-10,12-13H,2,11H2,1H3,(H,24,26)/b23-13-. The van der Waals surface area contributed by atoms with Gasteiger partial charge in [-0.15, -0.1) is 0 Å². The topological polar surface area (TPSA) is 97.7 Å². The molecule has 0 aliphatic rings. The number of carbonyl (C=O) groups excluding carboxylic acids is 1. The van der Waals surface area contributed by atoms with E-state index in [2.05, 4.69) is 33.4 Å². The van der Waals surface area contributed by atoms with Gasteiger partial charge >= 0.3 is 0 Å². The van der Waals surface area contributed by atoms with Crippen LogP contribution in [-0.4, -0.2) is 17.0 Å². The molecule has 1 aromatic heterocycles. The first-order valence-corrected chi connectivity index (χ1v) is 9.69. The molecule has 0 unspecified atom stereocenters. The fraction of sp³-hybridized carbons (Fsp3) is 0.143. The van der Waals surface area contributed by atoms with Crippen LogP contribution in [0.15, 0.2) is 68.6 Å². The highest BCUT2D eigenvalue weighted by atomic mass is 79.9. The summed E-state index contributed by atoms with van der Waals surface area (Å²) in [6.07, 6.45) is 2.60. The number of carbonyl (C=O) groups is 1. The number of halogens is 1. The molecule has 0 bridgehead atoms. The first-order chi connectivity index (χ1) is 14.0. The Morgan fingerprint density at radius 2 is 1.90 bits per heavy atom. The zero-order chi connectivity index (χ0) is 20.8. The Morgan fingerprint density at radius 1 is 1.17 bits per heavy atom. The second kappa shape index (κ2) is 9.29. The van der Waals surface area contributed by atoms with Crippen LogP contribution in [0.25, 0.3) is 11.3 Å². The van der Waals surface area contributed by atoms with Crippen LogP contribution in [0, 0.1) is 10.1 Å². The number of aryl methyl sites for hydroxylation is 1. The lowest BCUT2D eigenvalue weighted by Crippen LogP contribution is -2.19. The molecule has 1 amide bonds. The molecular weight excluding hydrogens is 438 g/mol. The Hall–Kier alpha value is -3.26. The number of non-ortho nitro benzene ring substituents is 1. The van der Waals surface area contributed by atoms with Crippen LogP contribution in [-0.2, 0) is 17.6 Å². The zero-order valence-corrected chi connectivity index (χ0v) is 17.2. The molecule has 2 aromatic carbocycles. The van der Waals surface area contributed by atoms with Gasteiger partial charge in [-0.05, 0) is 51.7 Å². The monoisotopic (exact) mass is 455 g/mol. The molecule has 0 saturated heterocycles. The smallest absolute Gasteiger partial charge is 0.270 e. The molecule has 0 spiro atoms. The number of furan rings is 1. The normalized spacial score (nSPS) is 11.0. The van der Waals surface area contributed by atoms with E-state index in [0.717, 1.165) is 12.0 Å². The number of hydrazone groups is 1. The summed E-state index contributed by atoms with van der Waals surface area (Å²) >= 11 is 3.32. The van der Waals surface area contributed by atoms with Crippen LogP contribution < -0.4 is 5.43 Å². The highest BCUT2D eigenvalue weighted by molar-refractivity contribution is 9.10. The Balaban J connectivity index is 1.60. The summed E-state index contributed by atoms with van der Waals surface area (Å²) in [6, 6.07) is 15.7. The Morgan fingerprint density at radius 3 is 2.55 bits per heavy atom. The number of nitro benzene ring substituents is 1. The third-order valence-electron chi connectivity index (χ3n) is 4.23. The maximum atomic E-state index is 12.0. The van der Waals surface area contributed by atoms with Crippen molar-refractivity contribution in [2.75, 3.05) is 0 Å². The predicted octanol–water partition coefficient (Wildman–Crippen LogP) is 4.87. The number of hydrogen-bond donors (Lipinski definition) is 1. The average Bonchev–Trinajstić information content (AvgIpc) is 3.17. The van der Waals surface area contributed by atoms with Crippen molar-refractivity contribution in [2.24, 2.45) is 5.10 Å². The van der Waals surface area contributed by atoms with E-state index in [0.29, 0.717) is 21.6 Å². The van der Waals surface area contributed by atoms with E-state index in [1.807, 2.05) is 24.3 Å². The van der Waals surface area contributed by atoms with E-state index < -0.39 is 4.92 Å². The van der Waals surface area contributed by atoms with Crippen LogP contribution >= 0.6 is 15.9 Å². The van der Waals surface area contributed by atoms with Gasteiger partial charge in [0.25, 0.3) is 5.69 Å². The molecule has 3 aromatic rings. The van der Waals surface area contributed by atoms with Crippen LogP contribution in [0.3, 0.4) is 0 Å². The molecule has 0 aliphatic heterocycles. The molecule has 1 heterocycles. The maximum absolute atomic E-state index is 12.0. The molecule has 0 fully saturated rings. The highest BCUT2D eigenvalue weighted by Crippen LogP contribution is 2.32. The third kappa shape index (κ3) is 5.39. The van der Waals surface area contributed by atoms with Crippen LogP contribution in [0.5, 0.6) is 0 Å². The Bertz CT molecular complexity index is 1060. The fourth-order valence-corrected chi connectivity index (χ4v) is 3.23. The summed E-state index contributed by atoms with van der Waals surface area (Å²) in [5.74, 6) is 0.740. The van der Waals surface area contributed by atoms with Gasteiger partial charge in [-0.2, -0.15) is 5.10 Å². The highest BCUT2D eigenvalue weighted by Gasteiger charge is 2.13. The van der Waals surface area contributed by atoms with Gasteiger partial charge in [0.2, 0.25) is 5.91 Å². The maximum Gasteiger partial charge on any atom is 0.270 e. The molecule has 7 nitrogen and oxygen atoms in total. The van der Waals surface area contributed by atoms with Crippen molar-refractivity contribution in [3.05, 3.63) is 86.1 Å². The minimum atomic E-state index is -0.463. The summed E-state index contributed by atoms with van der Waals surface area (Å²) in [5, 5.41) is 14.8. The number of amides is 1. The van der Waals surface area contributed by atoms with Crippen molar-refractivity contribution < 1.29 is 14.1 Å². The van der Waals surface area contributed by atoms with E-state index in [9.17, 15) is 14.9 Å². The number of benzene rings is 2. The molecule has 148 valence electrons. The summed E-state index contributed by atoms with van der Waals surface area (Å²) in [4.78, 5) is 22.4. The van der Waals surface area contributed by atoms with Crippen molar-refractivity contribution in [3.63, 3.8) is 0 Å². The molecule has 8 heteroatoms. The summed E-state index contributed by atoms with van der Waals surface area (Å²) < 4.78 is 6.22. The number of hydrogen-bond acceptors (Lipinski definition) is 5. The molecule has 3 rings (SSSR count). The average molecular weight is 456 g/mol. The van der Waals surface area contributed by atoms with E-state index in [4.69, 9.17) is 4.42 Å². The summed E-state index contributed by atoms with van der Waals surface area (Å²) in [6.45, 7) is 2.08. The van der Waals surface area contributed by atoms with Gasteiger partial charge in [0.15, 0.2) is 0 Å². The quantitative estimate of drug-likeness (QED) is 0.312.